The summed E-state index contributed by atoms with van der Waals surface area (Å²) in [6.45, 7) is 9.11. The third-order valence-corrected chi connectivity index (χ3v) is 4.28. The largest absolute Gasteiger partial charge is 0.325 e. The van der Waals surface area contributed by atoms with E-state index in [0.29, 0.717) is 10.8 Å². The Kier molecular flexibility index (Phi) is 4.22. The molecule has 2 aromatic carbocycles. The summed E-state index contributed by atoms with van der Waals surface area (Å²) in [6, 6.07) is 12.7. The van der Waals surface area contributed by atoms with Gasteiger partial charge in [0, 0.05) is 10.4 Å². The quantitative estimate of drug-likeness (QED) is 0.663. The summed E-state index contributed by atoms with van der Waals surface area (Å²) in [5.74, 6) is 0. The minimum Gasteiger partial charge on any atom is -0.308 e. The van der Waals surface area contributed by atoms with Crippen LogP contribution >= 0.6 is 11.3 Å². The van der Waals surface area contributed by atoms with Gasteiger partial charge in [-0.2, -0.15) is 0 Å². The number of hydrogen-bond donors (Lipinski definition) is 2. The zero-order valence-corrected chi connectivity index (χ0v) is 13.3. The number of urea groups is 1. The number of carbonyl (C=O) groups is 1. The first kappa shape index (κ1) is 15.0. The highest BCUT2D eigenvalue weighted by Crippen LogP contribution is 2.29. The number of fused-ring (bicyclic) bond motifs is 1. The van der Waals surface area contributed by atoms with E-state index >= 15 is 0 Å². The van der Waals surface area contributed by atoms with Crippen molar-refractivity contribution in [3.8, 4) is 0 Å². The van der Waals surface area contributed by atoms with Crippen LogP contribution in [0.5, 0.6) is 0 Å². The first-order valence-electron chi connectivity index (χ1n) is 7.13. The molecule has 2 N–H and O–H groups in total. The molecule has 0 atom stereocenters. The van der Waals surface area contributed by atoms with E-state index in [-0.39, 0.29) is 6.03 Å². The monoisotopic (exact) mass is 322 g/mol. The first-order chi connectivity index (χ1) is 11.2. The molecule has 0 saturated carbocycles. The molecule has 6 heteroatoms. The summed E-state index contributed by atoms with van der Waals surface area (Å²) in [6.07, 6.45) is 0.963. The molecule has 3 aromatic rings. The van der Waals surface area contributed by atoms with Crippen LogP contribution in [0, 0.1) is 6.57 Å². The SMILES string of the molecule is [C-]#[N+]c1ccc2nc(NC(=O)Nc3ccc(CC)cc3)sc2c1. The van der Waals surface area contributed by atoms with Gasteiger partial charge in [-0.15, -0.1) is 0 Å². The van der Waals surface area contributed by atoms with Crippen LogP contribution in [0.15, 0.2) is 42.5 Å². The molecule has 1 heterocycles. The molecule has 2 amide bonds. The maximum Gasteiger partial charge on any atom is 0.325 e. The van der Waals surface area contributed by atoms with Gasteiger partial charge in [-0.1, -0.05) is 36.5 Å². The van der Waals surface area contributed by atoms with Crippen molar-refractivity contribution >= 4 is 44.1 Å². The summed E-state index contributed by atoms with van der Waals surface area (Å²) >= 11 is 1.35. The van der Waals surface area contributed by atoms with Gasteiger partial charge in [-0.3, -0.25) is 5.32 Å². The number of aryl methyl sites for hydroxylation is 1. The molecule has 0 spiro atoms. The molecule has 0 aliphatic heterocycles. The van der Waals surface area contributed by atoms with Gasteiger partial charge in [0.05, 0.1) is 12.1 Å². The van der Waals surface area contributed by atoms with Crippen molar-refractivity contribution < 1.29 is 4.79 Å². The zero-order valence-electron chi connectivity index (χ0n) is 12.5. The van der Waals surface area contributed by atoms with Crippen molar-refractivity contribution in [2.45, 2.75) is 13.3 Å². The molecule has 0 unspecified atom stereocenters. The van der Waals surface area contributed by atoms with Crippen LogP contribution in [0.25, 0.3) is 15.1 Å². The molecule has 5 nitrogen and oxygen atoms in total. The lowest BCUT2D eigenvalue weighted by Gasteiger charge is -2.05. The molecular formula is C17H14N4OS. The number of carbonyl (C=O) groups excluding carboxylic acids is 1. The Balaban J connectivity index is 1.70. The highest BCUT2D eigenvalue weighted by molar-refractivity contribution is 7.22. The van der Waals surface area contributed by atoms with Crippen LogP contribution in [0.3, 0.4) is 0 Å². The van der Waals surface area contributed by atoms with Gasteiger partial charge in [0.2, 0.25) is 0 Å². The van der Waals surface area contributed by atoms with E-state index in [1.165, 1.54) is 16.9 Å². The molecule has 3 rings (SSSR count). The number of anilines is 2. The van der Waals surface area contributed by atoms with Crippen LogP contribution in [0.1, 0.15) is 12.5 Å². The molecule has 0 bridgehead atoms. The molecule has 1 aromatic heterocycles. The number of rotatable bonds is 3. The summed E-state index contributed by atoms with van der Waals surface area (Å²) in [5, 5.41) is 6.01. The Morgan fingerprint density at radius 3 is 2.70 bits per heavy atom. The van der Waals surface area contributed by atoms with Gasteiger partial charge >= 0.3 is 6.03 Å². The van der Waals surface area contributed by atoms with E-state index in [1.807, 2.05) is 24.3 Å². The maximum absolute atomic E-state index is 12.0. The number of aromatic nitrogens is 1. The molecule has 114 valence electrons. The van der Waals surface area contributed by atoms with Gasteiger partial charge < -0.3 is 5.32 Å². The highest BCUT2D eigenvalue weighted by Gasteiger charge is 2.08. The number of benzene rings is 2. The van der Waals surface area contributed by atoms with Crippen molar-refractivity contribution in [3.05, 3.63) is 59.4 Å². The maximum atomic E-state index is 12.0. The Morgan fingerprint density at radius 2 is 2.00 bits per heavy atom. The van der Waals surface area contributed by atoms with Gasteiger partial charge in [-0.05, 0) is 36.2 Å². The van der Waals surface area contributed by atoms with Crippen molar-refractivity contribution in [2.24, 2.45) is 0 Å². The van der Waals surface area contributed by atoms with Crippen LogP contribution < -0.4 is 10.6 Å². The second-order valence-corrected chi connectivity index (χ2v) is 5.94. The fraction of sp³-hybridized carbons (Fsp3) is 0.118. The second kappa shape index (κ2) is 6.46. The predicted molar refractivity (Wildman–Crippen MR) is 94.3 cm³/mol. The Labute approximate surface area is 137 Å². The van der Waals surface area contributed by atoms with Gasteiger partial charge in [0.15, 0.2) is 10.8 Å². The molecule has 0 aliphatic carbocycles. The van der Waals surface area contributed by atoms with E-state index in [4.69, 9.17) is 6.57 Å². The topological polar surface area (TPSA) is 58.4 Å². The third-order valence-electron chi connectivity index (χ3n) is 3.34. The standard InChI is InChI=1S/C17H14N4OS/c1-3-11-4-6-12(7-5-11)19-16(22)21-17-20-14-9-8-13(18-2)10-15(14)23-17/h4-10H,3H2,1H3,(H2,19,20,21,22). The second-order valence-electron chi connectivity index (χ2n) is 4.91. The van der Waals surface area contributed by atoms with Crippen molar-refractivity contribution in [1.29, 1.82) is 0 Å². The van der Waals surface area contributed by atoms with Crippen molar-refractivity contribution in [3.63, 3.8) is 0 Å². The van der Waals surface area contributed by atoms with Crippen LogP contribution in [-0.2, 0) is 6.42 Å². The fourth-order valence-corrected chi connectivity index (χ4v) is 3.01. The lowest BCUT2D eigenvalue weighted by molar-refractivity contribution is 0.262. The summed E-state index contributed by atoms with van der Waals surface area (Å²) in [4.78, 5) is 19.8. The molecule has 23 heavy (non-hydrogen) atoms. The number of thiazole rings is 1. The first-order valence-corrected chi connectivity index (χ1v) is 7.94. The third kappa shape index (κ3) is 3.47. The molecular weight excluding hydrogens is 308 g/mol. The highest BCUT2D eigenvalue weighted by atomic mass is 32.1. The Morgan fingerprint density at radius 1 is 1.22 bits per heavy atom. The van der Waals surface area contributed by atoms with Crippen molar-refractivity contribution in [2.75, 3.05) is 10.6 Å². The van der Waals surface area contributed by atoms with Gasteiger partial charge in [-0.25, -0.2) is 14.6 Å². The van der Waals surface area contributed by atoms with E-state index in [1.54, 1.807) is 18.2 Å². The number of hydrogen-bond acceptors (Lipinski definition) is 3. The Hall–Kier alpha value is -2.91. The molecule has 0 saturated heterocycles. The van der Waals surface area contributed by atoms with E-state index in [0.717, 1.165) is 22.3 Å². The van der Waals surface area contributed by atoms with Gasteiger partial charge in [0.1, 0.15) is 0 Å². The van der Waals surface area contributed by atoms with Crippen molar-refractivity contribution in [1.82, 2.24) is 4.98 Å². The van der Waals surface area contributed by atoms with E-state index < -0.39 is 0 Å². The minimum atomic E-state index is -0.335. The Bertz CT molecular complexity index is 893. The molecule has 0 radical (unpaired) electrons. The predicted octanol–water partition coefficient (Wildman–Crippen LogP) is 5.05. The van der Waals surface area contributed by atoms with E-state index in [9.17, 15) is 4.79 Å². The van der Waals surface area contributed by atoms with Gasteiger partial charge in [0.25, 0.3) is 0 Å². The lowest BCUT2D eigenvalue weighted by Crippen LogP contribution is -2.19. The smallest absolute Gasteiger partial charge is 0.308 e. The number of nitrogens with one attached hydrogen (secondary N) is 2. The minimum absolute atomic E-state index is 0.335. The van der Waals surface area contributed by atoms with Crippen LogP contribution in [0.4, 0.5) is 21.3 Å². The lowest BCUT2D eigenvalue weighted by atomic mass is 10.1. The molecule has 0 aliphatic rings. The fourth-order valence-electron chi connectivity index (χ4n) is 2.12. The number of amides is 2. The average molecular weight is 322 g/mol. The summed E-state index contributed by atoms with van der Waals surface area (Å²) < 4.78 is 0.876. The van der Waals surface area contributed by atoms with Crippen LogP contribution in [0.2, 0.25) is 0 Å². The van der Waals surface area contributed by atoms with Crippen LogP contribution in [-0.4, -0.2) is 11.0 Å². The van der Waals surface area contributed by atoms with E-state index in [2.05, 4.69) is 27.4 Å². The average Bonchev–Trinajstić information content (AvgIpc) is 2.96. The summed E-state index contributed by atoms with van der Waals surface area (Å²) in [7, 11) is 0. The number of nitrogens with zero attached hydrogens (tertiary/aromatic N) is 2. The molecule has 0 fully saturated rings. The zero-order chi connectivity index (χ0) is 16.2. The normalized spacial score (nSPS) is 10.3. The summed E-state index contributed by atoms with van der Waals surface area (Å²) in [5.41, 5.74) is 3.28.